The maximum Gasteiger partial charge on any atom is 0.0500 e. The first kappa shape index (κ1) is 12.8. The van der Waals surface area contributed by atoms with Gasteiger partial charge in [-0.3, -0.25) is 0 Å². The second-order valence-corrected chi connectivity index (χ2v) is 5.20. The zero-order valence-corrected chi connectivity index (χ0v) is 10.3. The minimum Gasteiger partial charge on any atom is -0.396 e. The van der Waals surface area contributed by atoms with E-state index in [-0.39, 0.29) is 12.6 Å². The third-order valence-electron chi connectivity index (χ3n) is 2.49. The molecule has 84 valence electrons. The van der Waals surface area contributed by atoms with Gasteiger partial charge in [-0.25, -0.2) is 0 Å². The third-order valence-corrected chi connectivity index (χ3v) is 2.93. The number of aliphatic hydroxyl groups is 1. The van der Waals surface area contributed by atoms with E-state index in [1.165, 1.54) is 0 Å². The van der Waals surface area contributed by atoms with Crippen molar-refractivity contribution >= 4 is 23.2 Å². The van der Waals surface area contributed by atoms with Crippen LogP contribution in [0.25, 0.3) is 0 Å². The fraction of sp³-hybridized carbons (Fsp3) is 0.455. The largest absolute Gasteiger partial charge is 0.396 e. The van der Waals surface area contributed by atoms with E-state index in [1.54, 1.807) is 18.2 Å². The molecule has 2 nitrogen and oxygen atoms in total. The average molecular weight is 248 g/mol. The Labute approximate surface area is 100.0 Å². The lowest BCUT2D eigenvalue weighted by Gasteiger charge is -2.29. The highest BCUT2D eigenvalue weighted by Crippen LogP contribution is 2.33. The summed E-state index contributed by atoms with van der Waals surface area (Å²) in [7, 11) is 0. The van der Waals surface area contributed by atoms with Crippen molar-refractivity contribution in [2.24, 2.45) is 11.1 Å². The molecule has 15 heavy (non-hydrogen) atoms. The minimum atomic E-state index is -0.395. The molecule has 1 atom stereocenters. The summed E-state index contributed by atoms with van der Waals surface area (Å²) in [6.07, 6.45) is 0. The van der Waals surface area contributed by atoms with Crippen LogP contribution in [0.4, 0.5) is 0 Å². The van der Waals surface area contributed by atoms with E-state index >= 15 is 0 Å². The van der Waals surface area contributed by atoms with Crippen LogP contribution in [-0.4, -0.2) is 11.7 Å². The fourth-order valence-electron chi connectivity index (χ4n) is 1.30. The zero-order chi connectivity index (χ0) is 11.6. The Kier molecular flexibility index (Phi) is 4.01. The van der Waals surface area contributed by atoms with Gasteiger partial charge in [0.25, 0.3) is 0 Å². The first-order valence-corrected chi connectivity index (χ1v) is 5.45. The third kappa shape index (κ3) is 3.08. The molecule has 0 aliphatic rings. The first-order chi connectivity index (χ1) is 6.86. The number of aliphatic hydroxyl groups excluding tert-OH is 1. The molecule has 0 heterocycles. The molecule has 1 rings (SSSR count). The number of halogens is 2. The lowest BCUT2D eigenvalue weighted by molar-refractivity contribution is 0.132. The van der Waals surface area contributed by atoms with Gasteiger partial charge in [0.15, 0.2) is 0 Å². The van der Waals surface area contributed by atoms with Crippen LogP contribution >= 0.6 is 23.2 Å². The standard InChI is InChI=1S/C11H15Cl2NO/c1-11(2,6-15)10(14)7-3-8(12)5-9(13)4-7/h3-5,10,15H,6,14H2,1-2H3/t10-/m1/s1. The molecule has 0 aliphatic carbocycles. The van der Waals surface area contributed by atoms with Crippen LogP contribution in [-0.2, 0) is 0 Å². The van der Waals surface area contributed by atoms with E-state index < -0.39 is 5.41 Å². The molecule has 3 N–H and O–H groups in total. The van der Waals surface area contributed by atoms with E-state index in [0.717, 1.165) is 5.56 Å². The van der Waals surface area contributed by atoms with Crippen LogP contribution in [0.1, 0.15) is 25.5 Å². The number of nitrogens with two attached hydrogens (primary N) is 1. The summed E-state index contributed by atoms with van der Waals surface area (Å²) < 4.78 is 0. The summed E-state index contributed by atoms with van der Waals surface area (Å²) in [6.45, 7) is 3.80. The van der Waals surface area contributed by atoms with Crippen molar-refractivity contribution in [3.8, 4) is 0 Å². The highest BCUT2D eigenvalue weighted by Gasteiger charge is 2.27. The molecule has 0 aromatic heterocycles. The molecule has 4 heteroatoms. The molecule has 0 unspecified atom stereocenters. The average Bonchev–Trinajstić information content (AvgIpc) is 2.15. The predicted molar refractivity (Wildman–Crippen MR) is 64.3 cm³/mol. The summed E-state index contributed by atoms with van der Waals surface area (Å²) in [6, 6.07) is 4.91. The van der Waals surface area contributed by atoms with Gasteiger partial charge in [0, 0.05) is 28.1 Å². The van der Waals surface area contributed by atoms with E-state index in [1.807, 2.05) is 13.8 Å². The van der Waals surface area contributed by atoms with Crippen LogP contribution in [0.15, 0.2) is 18.2 Å². The van der Waals surface area contributed by atoms with Gasteiger partial charge >= 0.3 is 0 Å². The predicted octanol–water partition coefficient (Wildman–Crippen LogP) is 3.01. The van der Waals surface area contributed by atoms with Crippen molar-refractivity contribution in [3.05, 3.63) is 33.8 Å². The van der Waals surface area contributed by atoms with Crippen LogP contribution in [0, 0.1) is 5.41 Å². The normalized spacial score (nSPS) is 14.0. The van der Waals surface area contributed by atoms with Gasteiger partial charge in [-0.2, -0.15) is 0 Å². The molecule has 1 aromatic rings. The summed E-state index contributed by atoms with van der Waals surface area (Å²) in [4.78, 5) is 0. The Balaban J connectivity index is 3.06. The lowest BCUT2D eigenvalue weighted by Crippen LogP contribution is -2.32. The molecule has 0 fully saturated rings. The van der Waals surface area contributed by atoms with Crippen molar-refractivity contribution in [3.63, 3.8) is 0 Å². The summed E-state index contributed by atoms with van der Waals surface area (Å²) in [5.41, 5.74) is 6.49. The van der Waals surface area contributed by atoms with Gasteiger partial charge in [0.2, 0.25) is 0 Å². The van der Waals surface area contributed by atoms with Crippen LogP contribution in [0.2, 0.25) is 10.0 Å². The second-order valence-electron chi connectivity index (χ2n) is 4.33. The molecule has 0 saturated carbocycles. The topological polar surface area (TPSA) is 46.2 Å². The van der Waals surface area contributed by atoms with E-state index in [2.05, 4.69) is 0 Å². The van der Waals surface area contributed by atoms with E-state index in [9.17, 15) is 5.11 Å². The second kappa shape index (κ2) is 4.71. The van der Waals surface area contributed by atoms with Gasteiger partial charge < -0.3 is 10.8 Å². The number of hydrogen-bond donors (Lipinski definition) is 2. The van der Waals surface area contributed by atoms with Crippen LogP contribution in [0.5, 0.6) is 0 Å². The number of hydrogen-bond acceptors (Lipinski definition) is 2. The Bertz CT molecular complexity index is 332. The summed E-state index contributed by atoms with van der Waals surface area (Å²) >= 11 is 11.8. The highest BCUT2D eigenvalue weighted by molar-refractivity contribution is 6.34. The van der Waals surface area contributed by atoms with Gasteiger partial charge in [0.05, 0.1) is 0 Å². The Morgan fingerprint density at radius 1 is 1.27 bits per heavy atom. The quantitative estimate of drug-likeness (QED) is 0.863. The molecular weight excluding hydrogens is 233 g/mol. The van der Waals surface area contributed by atoms with Gasteiger partial charge in [-0.05, 0) is 23.8 Å². The molecule has 0 saturated heterocycles. The number of benzene rings is 1. The highest BCUT2D eigenvalue weighted by atomic mass is 35.5. The SMILES string of the molecule is CC(C)(CO)[C@H](N)c1cc(Cl)cc(Cl)c1. The van der Waals surface area contributed by atoms with Crippen LogP contribution < -0.4 is 5.73 Å². The lowest BCUT2D eigenvalue weighted by atomic mass is 9.82. The van der Waals surface area contributed by atoms with E-state index in [0.29, 0.717) is 10.0 Å². The van der Waals surface area contributed by atoms with Crippen molar-refractivity contribution < 1.29 is 5.11 Å². The van der Waals surface area contributed by atoms with E-state index in [4.69, 9.17) is 28.9 Å². The molecule has 0 spiro atoms. The van der Waals surface area contributed by atoms with Gasteiger partial charge in [0.1, 0.15) is 0 Å². The maximum atomic E-state index is 9.22. The zero-order valence-electron chi connectivity index (χ0n) is 8.80. The Hall–Kier alpha value is -0.280. The Morgan fingerprint density at radius 2 is 1.73 bits per heavy atom. The molecule has 0 aliphatic heterocycles. The van der Waals surface area contributed by atoms with Crippen molar-refractivity contribution in [1.29, 1.82) is 0 Å². The van der Waals surface area contributed by atoms with Gasteiger partial charge in [-0.15, -0.1) is 0 Å². The minimum absolute atomic E-state index is 0.0122. The summed E-state index contributed by atoms with van der Waals surface area (Å²) in [5, 5.41) is 10.3. The van der Waals surface area contributed by atoms with Crippen molar-refractivity contribution in [2.75, 3.05) is 6.61 Å². The summed E-state index contributed by atoms with van der Waals surface area (Å²) in [5.74, 6) is 0. The maximum absolute atomic E-state index is 9.22. The monoisotopic (exact) mass is 247 g/mol. The van der Waals surface area contributed by atoms with Gasteiger partial charge in [-0.1, -0.05) is 37.0 Å². The molecule has 0 radical (unpaired) electrons. The van der Waals surface area contributed by atoms with Crippen molar-refractivity contribution in [1.82, 2.24) is 0 Å². The van der Waals surface area contributed by atoms with Crippen LogP contribution in [0.3, 0.4) is 0 Å². The molecule has 0 amide bonds. The molecule has 0 bridgehead atoms. The Morgan fingerprint density at radius 3 is 2.13 bits per heavy atom. The smallest absolute Gasteiger partial charge is 0.0500 e. The fourth-order valence-corrected chi connectivity index (χ4v) is 1.85. The number of rotatable bonds is 3. The van der Waals surface area contributed by atoms with Crippen molar-refractivity contribution in [2.45, 2.75) is 19.9 Å². The molecular formula is C11H15Cl2NO. The first-order valence-electron chi connectivity index (χ1n) is 4.69. The molecule has 1 aromatic carbocycles.